The number of nitrogens with zero attached hydrogens (tertiary/aromatic N) is 1. The van der Waals surface area contributed by atoms with Gasteiger partial charge in [0.05, 0.1) is 6.04 Å². The summed E-state index contributed by atoms with van der Waals surface area (Å²) in [6.45, 7) is 7.86. The molecular weight excluding hydrogens is 262 g/mol. The molecule has 1 aliphatic heterocycles. The van der Waals surface area contributed by atoms with Crippen molar-refractivity contribution >= 4 is 12.2 Å². The van der Waals surface area contributed by atoms with Crippen LogP contribution >= 0.6 is 0 Å². The zero-order valence-electron chi connectivity index (χ0n) is 13.4. The Morgan fingerprint density at radius 1 is 1.29 bits per heavy atom. The molecule has 1 aromatic carbocycles. The number of unbranched alkanes of at least 4 members (excludes halogenated alkanes) is 1. The first-order chi connectivity index (χ1) is 9.92. The van der Waals surface area contributed by atoms with Gasteiger partial charge in [-0.05, 0) is 44.4 Å². The molecule has 0 bridgehead atoms. The number of rotatable bonds is 3. The first-order valence-corrected chi connectivity index (χ1v) is 7.71. The second kappa shape index (κ2) is 6.33. The number of amides is 1. The Balaban J connectivity index is 2.26. The van der Waals surface area contributed by atoms with E-state index in [4.69, 9.17) is 4.74 Å². The summed E-state index contributed by atoms with van der Waals surface area (Å²) in [5.74, 6) is 0. The number of benzene rings is 1. The third kappa shape index (κ3) is 3.87. The monoisotopic (exact) mass is 287 g/mol. The van der Waals surface area contributed by atoms with Gasteiger partial charge in [0.2, 0.25) is 0 Å². The molecule has 21 heavy (non-hydrogen) atoms. The third-order valence-corrected chi connectivity index (χ3v) is 3.54. The summed E-state index contributed by atoms with van der Waals surface area (Å²) in [7, 11) is 0. The van der Waals surface area contributed by atoms with Crippen LogP contribution in [0.5, 0.6) is 0 Å². The normalized spacial score (nSPS) is 17.5. The number of ether oxygens (including phenoxy) is 1. The number of fused-ring (bicyclic) bond motifs is 1. The number of hydrogen-bond acceptors (Lipinski definition) is 2. The Bertz CT molecular complexity index is 528. The van der Waals surface area contributed by atoms with Crippen LogP contribution in [-0.4, -0.2) is 16.6 Å². The molecular formula is C18H25NO2. The van der Waals surface area contributed by atoms with Crippen molar-refractivity contribution in [1.29, 1.82) is 0 Å². The van der Waals surface area contributed by atoms with Gasteiger partial charge in [-0.3, -0.25) is 4.90 Å². The summed E-state index contributed by atoms with van der Waals surface area (Å²) in [5.41, 5.74) is 1.93. The van der Waals surface area contributed by atoms with Crippen molar-refractivity contribution in [3.8, 4) is 0 Å². The van der Waals surface area contributed by atoms with E-state index in [9.17, 15) is 4.79 Å². The van der Waals surface area contributed by atoms with Crippen LogP contribution < -0.4 is 0 Å². The van der Waals surface area contributed by atoms with Crippen molar-refractivity contribution < 1.29 is 9.53 Å². The molecule has 114 valence electrons. The van der Waals surface area contributed by atoms with Crippen molar-refractivity contribution in [3.63, 3.8) is 0 Å². The van der Waals surface area contributed by atoms with Crippen molar-refractivity contribution in [1.82, 2.24) is 4.90 Å². The second-order valence-electron chi connectivity index (χ2n) is 6.49. The SMILES string of the molecule is CCCCC1c2ccccc2C=CN1C(=O)OC(C)(C)C. The number of hydrogen-bond donors (Lipinski definition) is 0. The molecule has 3 nitrogen and oxygen atoms in total. The van der Waals surface area contributed by atoms with Gasteiger partial charge in [-0.2, -0.15) is 0 Å². The molecule has 0 saturated carbocycles. The molecule has 1 aromatic rings. The van der Waals surface area contributed by atoms with Gasteiger partial charge in [0.25, 0.3) is 0 Å². The molecule has 1 amide bonds. The summed E-state index contributed by atoms with van der Waals surface area (Å²) in [6, 6.07) is 8.34. The molecule has 0 radical (unpaired) electrons. The highest BCUT2D eigenvalue weighted by atomic mass is 16.6. The van der Waals surface area contributed by atoms with Gasteiger partial charge in [0, 0.05) is 6.20 Å². The molecule has 0 fully saturated rings. The summed E-state index contributed by atoms with van der Waals surface area (Å²) < 4.78 is 5.54. The topological polar surface area (TPSA) is 29.5 Å². The Kier molecular flexibility index (Phi) is 4.71. The van der Waals surface area contributed by atoms with Crippen molar-refractivity contribution in [2.45, 2.75) is 58.6 Å². The summed E-state index contributed by atoms with van der Waals surface area (Å²) in [5, 5.41) is 0. The maximum absolute atomic E-state index is 12.4. The van der Waals surface area contributed by atoms with E-state index in [2.05, 4.69) is 19.1 Å². The van der Waals surface area contributed by atoms with Crippen LogP contribution in [0.4, 0.5) is 4.79 Å². The lowest BCUT2D eigenvalue weighted by molar-refractivity contribution is 0.0256. The lowest BCUT2D eigenvalue weighted by Gasteiger charge is -2.34. The predicted octanol–water partition coefficient (Wildman–Crippen LogP) is 5.14. The van der Waals surface area contributed by atoms with Crippen LogP contribution in [0.15, 0.2) is 30.5 Å². The fourth-order valence-corrected chi connectivity index (χ4v) is 2.58. The molecule has 0 spiro atoms. The van der Waals surface area contributed by atoms with Gasteiger partial charge in [0.1, 0.15) is 5.60 Å². The van der Waals surface area contributed by atoms with Crippen molar-refractivity contribution in [3.05, 3.63) is 41.6 Å². The third-order valence-electron chi connectivity index (χ3n) is 3.54. The smallest absolute Gasteiger partial charge is 0.414 e. The van der Waals surface area contributed by atoms with E-state index in [0.29, 0.717) is 0 Å². The maximum atomic E-state index is 12.4. The van der Waals surface area contributed by atoms with Crippen LogP contribution in [0.25, 0.3) is 6.08 Å². The number of carbonyl (C=O) groups excluding carboxylic acids is 1. The van der Waals surface area contributed by atoms with Gasteiger partial charge in [-0.25, -0.2) is 4.79 Å². The van der Waals surface area contributed by atoms with Crippen LogP contribution in [-0.2, 0) is 4.74 Å². The van der Waals surface area contributed by atoms with Gasteiger partial charge >= 0.3 is 6.09 Å². The average molecular weight is 287 g/mol. The minimum atomic E-state index is -0.475. The Morgan fingerprint density at radius 2 is 2.00 bits per heavy atom. The Hall–Kier alpha value is -1.77. The van der Waals surface area contributed by atoms with Gasteiger partial charge in [0.15, 0.2) is 0 Å². The highest BCUT2D eigenvalue weighted by Crippen LogP contribution is 2.34. The predicted molar refractivity (Wildman–Crippen MR) is 85.8 cm³/mol. The van der Waals surface area contributed by atoms with E-state index in [1.807, 2.05) is 45.2 Å². The molecule has 3 heteroatoms. The fraction of sp³-hybridized carbons (Fsp3) is 0.500. The van der Waals surface area contributed by atoms with Crippen molar-refractivity contribution in [2.24, 2.45) is 0 Å². The van der Waals surface area contributed by atoms with Crippen LogP contribution in [0.3, 0.4) is 0 Å². The van der Waals surface area contributed by atoms with E-state index in [0.717, 1.165) is 19.3 Å². The lowest BCUT2D eigenvalue weighted by atomic mass is 9.93. The molecule has 1 aliphatic rings. The highest BCUT2D eigenvalue weighted by Gasteiger charge is 2.30. The van der Waals surface area contributed by atoms with Gasteiger partial charge in [-0.1, -0.05) is 44.0 Å². The van der Waals surface area contributed by atoms with E-state index < -0.39 is 5.60 Å². The van der Waals surface area contributed by atoms with Crippen molar-refractivity contribution in [2.75, 3.05) is 0 Å². The Morgan fingerprint density at radius 3 is 2.67 bits per heavy atom. The van der Waals surface area contributed by atoms with E-state index >= 15 is 0 Å². The van der Waals surface area contributed by atoms with Gasteiger partial charge in [-0.15, -0.1) is 0 Å². The molecule has 0 N–H and O–H groups in total. The highest BCUT2D eigenvalue weighted by molar-refractivity contribution is 5.74. The fourth-order valence-electron chi connectivity index (χ4n) is 2.58. The van der Waals surface area contributed by atoms with Crippen LogP contribution in [0.1, 0.15) is 64.1 Å². The summed E-state index contributed by atoms with van der Waals surface area (Å²) in [4.78, 5) is 14.2. The lowest BCUT2D eigenvalue weighted by Crippen LogP contribution is -2.37. The molecule has 1 unspecified atom stereocenters. The zero-order valence-corrected chi connectivity index (χ0v) is 13.4. The molecule has 2 rings (SSSR count). The summed E-state index contributed by atoms with van der Waals surface area (Å²) >= 11 is 0. The standard InChI is InChI=1S/C18H25NO2/c1-5-6-11-16-15-10-8-7-9-14(15)12-13-19(16)17(20)21-18(2,3)4/h7-10,12-13,16H,5-6,11H2,1-4H3. The minimum absolute atomic E-state index is 0.0704. The van der Waals surface area contributed by atoms with E-state index in [-0.39, 0.29) is 12.1 Å². The number of carbonyl (C=O) groups is 1. The molecule has 0 aromatic heterocycles. The second-order valence-corrected chi connectivity index (χ2v) is 6.49. The van der Waals surface area contributed by atoms with Crippen LogP contribution in [0, 0.1) is 0 Å². The average Bonchev–Trinajstić information content (AvgIpc) is 2.42. The largest absolute Gasteiger partial charge is 0.443 e. The first kappa shape index (κ1) is 15.6. The molecule has 0 aliphatic carbocycles. The molecule has 1 atom stereocenters. The minimum Gasteiger partial charge on any atom is -0.443 e. The Labute approximate surface area is 127 Å². The van der Waals surface area contributed by atoms with Crippen LogP contribution in [0.2, 0.25) is 0 Å². The molecule has 0 saturated heterocycles. The maximum Gasteiger partial charge on any atom is 0.414 e. The zero-order chi connectivity index (χ0) is 15.5. The molecule has 1 heterocycles. The first-order valence-electron chi connectivity index (χ1n) is 7.71. The van der Waals surface area contributed by atoms with E-state index in [1.165, 1.54) is 11.1 Å². The van der Waals surface area contributed by atoms with Gasteiger partial charge < -0.3 is 4.74 Å². The van der Waals surface area contributed by atoms with E-state index in [1.54, 1.807) is 4.90 Å². The summed E-state index contributed by atoms with van der Waals surface area (Å²) in [6.07, 6.45) is 6.74. The quantitative estimate of drug-likeness (QED) is 0.770.